The third-order valence-corrected chi connectivity index (χ3v) is 4.66. The molecule has 0 radical (unpaired) electrons. The third kappa shape index (κ3) is 10.3. The number of unbranched alkanes of at least 4 members (excludes halogenated alkanes) is 1. The van der Waals surface area contributed by atoms with Gasteiger partial charge in [0.05, 0.1) is 0 Å². The van der Waals surface area contributed by atoms with E-state index in [2.05, 4.69) is 70.3 Å². The van der Waals surface area contributed by atoms with Crippen LogP contribution < -0.4 is 0 Å². The first-order chi connectivity index (χ1) is 9.75. The van der Waals surface area contributed by atoms with Crippen LogP contribution in [0.15, 0.2) is 0 Å². The number of hydrogen-bond donors (Lipinski definition) is 0. The van der Waals surface area contributed by atoms with E-state index in [0.29, 0.717) is 18.1 Å². The molecule has 0 bridgehead atoms. The van der Waals surface area contributed by atoms with Crippen molar-refractivity contribution in [3.8, 4) is 0 Å². The Hall–Kier alpha value is -0.120. The molecule has 0 aromatic carbocycles. The minimum absolute atomic E-state index is 0.657. The van der Waals surface area contributed by atoms with Crippen LogP contribution in [-0.2, 0) is 0 Å². The molecule has 0 unspecified atom stereocenters. The highest BCUT2D eigenvalue weighted by Gasteiger charge is 2.10. The zero-order valence-electron chi connectivity index (χ0n) is 16.0. The molecule has 0 aliphatic carbocycles. The van der Waals surface area contributed by atoms with E-state index in [0.717, 1.165) is 0 Å². The molecule has 0 aliphatic heterocycles. The van der Waals surface area contributed by atoms with E-state index in [1.54, 1.807) is 0 Å². The van der Waals surface area contributed by atoms with E-state index in [1.807, 2.05) is 0 Å². The molecular weight excluding hydrogens is 258 g/mol. The van der Waals surface area contributed by atoms with Gasteiger partial charge < -0.3 is 14.7 Å². The molecule has 0 heterocycles. The number of rotatable bonds is 12. The number of hydrogen-bond acceptors (Lipinski definition) is 3. The topological polar surface area (TPSA) is 9.72 Å². The summed E-state index contributed by atoms with van der Waals surface area (Å²) in [6.07, 6.45) is 3.90. The molecule has 0 aliphatic rings. The lowest BCUT2D eigenvalue weighted by atomic mass is 10.2. The van der Waals surface area contributed by atoms with Crippen molar-refractivity contribution in [3.05, 3.63) is 0 Å². The van der Waals surface area contributed by atoms with Gasteiger partial charge in [-0.25, -0.2) is 0 Å². The first-order valence-electron chi connectivity index (χ1n) is 8.90. The molecule has 0 aromatic heterocycles. The van der Waals surface area contributed by atoms with Crippen LogP contribution in [0.3, 0.4) is 0 Å². The van der Waals surface area contributed by atoms with Crippen LogP contribution in [0.2, 0.25) is 0 Å². The fourth-order valence-electron chi connectivity index (χ4n) is 2.34. The van der Waals surface area contributed by atoms with E-state index in [1.165, 1.54) is 45.4 Å². The van der Waals surface area contributed by atoms with Crippen LogP contribution >= 0.6 is 0 Å². The standard InChI is InChI=1S/C18H41N3/c1-16(2)19(7)12-9-10-14-21(18(5)6)15-11-13-20(8)17(3)4/h16-18H,9-15H2,1-8H3. The second-order valence-electron chi connectivity index (χ2n) is 7.34. The monoisotopic (exact) mass is 299 g/mol. The predicted molar refractivity (Wildman–Crippen MR) is 96.1 cm³/mol. The van der Waals surface area contributed by atoms with Gasteiger partial charge in [0.15, 0.2) is 0 Å². The minimum Gasteiger partial charge on any atom is -0.304 e. The smallest absolute Gasteiger partial charge is 0.00385 e. The quantitative estimate of drug-likeness (QED) is 0.510. The van der Waals surface area contributed by atoms with E-state index in [-0.39, 0.29) is 0 Å². The molecule has 0 saturated heterocycles. The lowest BCUT2D eigenvalue weighted by molar-refractivity contribution is 0.187. The molecule has 0 amide bonds. The first-order valence-corrected chi connectivity index (χ1v) is 8.90. The third-order valence-electron chi connectivity index (χ3n) is 4.66. The zero-order chi connectivity index (χ0) is 16.4. The fraction of sp³-hybridized carbons (Fsp3) is 1.00. The minimum atomic E-state index is 0.657. The summed E-state index contributed by atoms with van der Waals surface area (Å²) in [5.74, 6) is 0. The summed E-state index contributed by atoms with van der Waals surface area (Å²) in [7, 11) is 4.46. The molecule has 0 rings (SSSR count). The average molecular weight is 300 g/mol. The summed E-state index contributed by atoms with van der Waals surface area (Å²) < 4.78 is 0. The van der Waals surface area contributed by atoms with Crippen molar-refractivity contribution in [3.63, 3.8) is 0 Å². The van der Waals surface area contributed by atoms with Crippen molar-refractivity contribution in [2.45, 2.75) is 78.9 Å². The number of nitrogens with zero attached hydrogens (tertiary/aromatic N) is 3. The molecule has 21 heavy (non-hydrogen) atoms. The zero-order valence-corrected chi connectivity index (χ0v) is 16.0. The van der Waals surface area contributed by atoms with Gasteiger partial charge in [-0.15, -0.1) is 0 Å². The van der Waals surface area contributed by atoms with Crippen molar-refractivity contribution in [1.29, 1.82) is 0 Å². The van der Waals surface area contributed by atoms with Gasteiger partial charge in [0, 0.05) is 18.1 Å². The van der Waals surface area contributed by atoms with Crippen LogP contribution in [0.5, 0.6) is 0 Å². The molecule has 0 N–H and O–H groups in total. The molecule has 0 spiro atoms. The van der Waals surface area contributed by atoms with Gasteiger partial charge in [0.25, 0.3) is 0 Å². The molecule has 0 saturated carbocycles. The SMILES string of the molecule is CC(C)N(C)CCCCN(CCCN(C)C(C)C)C(C)C. The van der Waals surface area contributed by atoms with Crippen molar-refractivity contribution in [1.82, 2.24) is 14.7 Å². The summed E-state index contributed by atoms with van der Waals surface area (Å²) >= 11 is 0. The highest BCUT2D eigenvalue weighted by Crippen LogP contribution is 2.06. The fourth-order valence-corrected chi connectivity index (χ4v) is 2.34. The summed E-state index contributed by atoms with van der Waals surface area (Å²) in [5, 5.41) is 0. The van der Waals surface area contributed by atoms with E-state index < -0.39 is 0 Å². The largest absolute Gasteiger partial charge is 0.304 e. The van der Waals surface area contributed by atoms with Gasteiger partial charge in [-0.05, 0) is 101 Å². The van der Waals surface area contributed by atoms with Gasteiger partial charge in [-0.2, -0.15) is 0 Å². The van der Waals surface area contributed by atoms with Crippen molar-refractivity contribution in [2.75, 3.05) is 40.3 Å². The Balaban J connectivity index is 3.88. The van der Waals surface area contributed by atoms with Crippen molar-refractivity contribution in [2.24, 2.45) is 0 Å². The highest BCUT2D eigenvalue weighted by atomic mass is 15.2. The van der Waals surface area contributed by atoms with Crippen LogP contribution in [-0.4, -0.2) is 73.1 Å². The maximum Gasteiger partial charge on any atom is 0.00385 e. The summed E-state index contributed by atoms with van der Waals surface area (Å²) in [6.45, 7) is 18.6. The maximum atomic E-state index is 2.64. The van der Waals surface area contributed by atoms with E-state index in [9.17, 15) is 0 Å². The van der Waals surface area contributed by atoms with Crippen molar-refractivity contribution >= 4 is 0 Å². The highest BCUT2D eigenvalue weighted by molar-refractivity contribution is 4.66. The molecule has 0 aromatic rings. The van der Waals surface area contributed by atoms with Gasteiger partial charge in [0.1, 0.15) is 0 Å². The second kappa shape index (κ2) is 11.4. The second-order valence-corrected chi connectivity index (χ2v) is 7.34. The van der Waals surface area contributed by atoms with Crippen LogP contribution in [0.25, 0.3) is 0 Å². The molecule has 128 valence electrons. The summed E-state index contributed by atoms with van der Waals surface area (Å²) in [5.41, 5.74) is 0. The maximum absolute atomic E-state index is 2.64. The van der Waals surface area contributed by atoms with Crippen molar-refractivity contribution < 1.29 is 0 Å². The van der Waals surface area contributed by atoms with Crippen LogP contribution in [0.4, 0.5) is 0 Å². The van der Waals surface area contributed by atoms with E-state index >= 15 is 0 Å². The predicted octanol–water partition coefficient (Wildman–Crippen LogP) is 3.55. The Morgan fingerprint density at radius 2 is 0.905 bits per heavy atom. The van der Waals surface area contributed by atoms with Gasteiger partial charge in [-0.3, -0.25) is 0 Å². The Morgan fingerprint density at radius 3 is 1.33 bits per heavy atom. The normalized spacial score (nSPS) is 12.9. The van der Waals surface area contributed by atoms with Gasteiger partial charge in [0.2, 0.25) is 0 Å². The Morgan fingerprint density at radius 1 is 0.524 bits per heavy atom. The Bertz CT molecular complexity index is 239. The van der Waals surface area contributed by atoms with E-state index in [4.69, 9.17) is 0 Å². The lowest BCUT2D eigenvalue weighted by Crippen LogP contribution is -2.36. The van der Waals surface area contributed by atoms with Crippen LogP contribution in [0, 0.1) is 0 Å². The Labute approximate surface area is 134 Å². The molecule has 0 atom stereocenters. The summed E-state index contributed by atoms with van der Waals surface area (Å²) in [4.78, 5) is 7.52. The van der Waals surface area contributed by atoms with Gasteiger partial charge in [-0.1, -0.05) is 0 Å². The molecule has 3 nitrogen and oxygen atoms in total. The molecule has 0 fully saturated rings. The lowest BCUT2D eigenvalue weighted by Gasteiger charge is -2.29. The van der Waals surface area contributed by atoms with Gasteiger partial charge >= 0.3 is 0 Å². The summed E-state index contributed by atoms with van der Waals surface area (Å²) in [6, 6.07) is 1.99. The molecular formula is C18H41N3. The average Bonchev–Trinajstić information content (AvgIpc) is 2.40. The molecule has 3 heteroatoms. The van der Waals surface area contributed by atoms with Crippen LogP contribution in [0.1, 0.15) is 60.8 Å². The Kier molecular flexibility index (Phi) is 11.4. The first kappa shape index (κ1) is 20.9.